The molecule has 4 rings (SSSR count). The van der Waals surface area contributed by atoms with Crippen LogP contribution < -0.4 is 16.1 Å². The van der Waals surface area contributed by atoms with Crippen LogP contribution in [0.25, 0.3) is 10.2 Å². The van der Waals surface area contributed by atoms with Gasteiger partial charge < -0.3 is 4.90 Å². The number of hydrogen-bond donors (Lipinski definition) is 0. The van der Waals surface area contributed by atoms with Gasteiger partial charge in [-0.1, -0.05) is 36.4 Å². The first-order valence-electron chi connectivity index (χ1n) is 10.5. The highest BCUT2D eigenvalue weighted by molar-refractivity contribution is 7.17. The summed E-state index contributed by atoms with van der Waals surface area (Å²) < 4.78 is 3.13. The number of benzene rings is 2. The van der Waals surface area contributed by atoms with Gasteiger partial charge in [0.2, 0.25) is 5.91 Å². The second-order valence-electron chi connectivity index (χ2n) is 7.79. The van der Waals surface area contributed by atoms with Crippen molar-refractivity contribution < 1.29 is 4.79 Å². The summed E-state index contributed by atoms with van der Waals surface area (Å²) in [5.74, 6) is -0.204. The Morgan fingerprint density at radius 1 is 0.969 bits per heavy atom. The Balaban J connectivity index is 1.77. The number of thiophene rings is 1. The van der Waals surface area contributed by atoms with Crippen molar-refractivity contribution in [3.8, 4) is 0 Å². The van der Waals surface area contributed by atoms with Gasteiger partial charge in [-0.3, -0.25) is 18.7 Å². The van der Waals surface area contributed by atoms with Gasteiger partial charge in [-0.15, -0.1) is 11.3 Å². The predicted octanol–water partition coefficient (Wildman–Crippen LogP) is 3.94. The van der Waals surface area contributed by atoms with E-state index in [0.29, 0.717) is 16.8 Å². The fraction of sp³-hybridized carbons (Fsp3) is 0.240. The maximum absolute atomic E-state index is 13.4. The fourth-order valence-corrected chi connectivity index (χ4v) is 4.68. The molecule has 32 heavy (non-hydrogen) atoms. The maximum Gasteiger partial charge on any atom is 0.332 e. The number of rotatable bonds is 6. The van der Waals surface area contributed by atoms with E-state index in [1.807, 2.05) is 69.3 Å². The third kappa shape index (κ3) is 4.03. The molecule has 0 radical (unpaired) electrons. The minimum absolute atomic E-state index is 0.137. The largest absolute Gasteiger partial charge is 0.332 e. The van der Waals surface area contributed by atoms with Crippen LogP contribution in [0.15, 0.2) is 69.6 Å². The third-order valence-electron chi connectivity index (χ3n) is 5.73. The number of para-hydroxylation sites is 1. The zero-order valence-electron chi connectivity index (χ0n) is 18.4. The molecule has 0 bridgehead atoms. The van der Waals surface area contributed by atoms with Crippen LogP contribution in [0.4, 0.5) is 5.69 Å². The van der Waals surface area contributed by atoms with Crippen LogP contribution >= 0.6 is 11.3 Å². The number of nitrogens with zero attached hydrogens (tertiary/aromatic N) is 3. The molecule has 0 saturated heterocycles. The van der Waals surface area contributed by atoms with E-state index in [9.17, 15) is 14.4 Å². The number of fused-ring (bicyclic) bond motifs is 1. The van der Waals surface area contributed by atoms with Crippen LogP contribution in [-0.2, 0) is 17.9 Å². The average molecular weight is 448 g/mol. The van der Waals surface area contributed by atoms with Gasteiger partial charge in [-0.05, 0) is 61.0 Å². The van der Waals surface area contributed by atoms with Crippen molar-refractivity contribution in [1.29, 1.82) is 0 Å². The monoisotopic (exact) mass is 447 g/mol. The summed E-state index contributed by atoms with van der Waals surface area (Å²) in [6, 6.07) is 17.0. The number of carbonyl (C=O) groups is 1. The summed E-state index contributed by atoms with van der Waals surface area (Å²) in [5, 5.41) is 1.78. The minimum Gasteiger partial charge on any atom is -0.311 e. The van der Waals surface area contributed by atoms with Crippen LogP contribution in [0.2, 0.25) is 0 Å². The van der Waals surface area contributed by atoms with E-state index < -0.39 is 5.69 Å². The number of hydrogen-bond acceptors (Lipinski definition) is 4. The molecular formula is C25H25N3O3S. The lowest BCUT2D eigenvalue weighted by Crippen LogP contribution is -2.43. The van der Waals surface area contributed by atoms with Crippen LogP contribution in [-0.4, -0.2) is 21.6 Å². The molecule has 2 aromatic heterocycles. The van der Waals surface area contributed by atoms with E-state index in [1.54, 1.807) is 16.3 Å². The Morgan fingerprint density at radius 3 is 2.41 bits per heavy atom. The number of carbonyl (C=O) groups excluding carboxylic acids is 1. The number of anilines is 1. The van der Waals surface area contributed by atoms with E-state index >= 15 is 0 Å². The molecule has 0 aliphatic carbocycles. The normalized spacial score (nSPS) is 11.1. The molecule has 2 aromatic carbocycles. The third-order valence-corrected chi connectivity index (χ3v) is 6.62. The summed E-state index contributed by atoms with van der Waals surface area (Å²) in [5.41, 5.74) is 3.61. The summed E-state index contributed by atoms with van der Waals surface area (Å²) in [7, 11) is 0. The van der Waals surface area contributed by atoms with Gasteiger partial charge in [0.1, 0.15) is 11.2 Å². The van der Waals surface area contributed by atoms with E-state index in [1.165, 1.54) is 20.5 Å². The number of likely N-dealkylation sites (N-methyl/N-ethyl adjacent to an activating group) is 1. The van der Waals surface area contributed by atoms with Crippen molar-refractivity contribution in [3.63, 3.8) is 0 Å². The van der Waals surface area contributed by atoms with Gasteiger partial charge in [0, 0.05) is 12.2 Å². The Kier molecular flexibility index (Phi) is 6.10. The molecule has 0 aliphatic heterocycles. The smallest absolute Gasteiger partial charge is 0.311 e. The predicted molar refractivity (Wildman–Crippen MR) is 130 cm³/mol. The van der Waals surface area contributed by atoms with Crippen molar-refractivity contribution >= 4 is 33.1 Å². The van der Waals surface area contributed by atoms with E-state index in [0.717, 1.165) is 22.4 Å². The first kappa shape index (κ1) is 21.8. The van der Waals surface area contributed by atoms with Crippen molar-refractivity contribution in [2.45, 2.75) is 33.9 Å². The molecule has 0 atom stereocenters. The molecule has 0 saturated carbocycles. The number of aromatic nitrogens is 2. The van der Waals surface area contributed by atoms with Crippen LogP contribution in [0.5, 0.6) is 0 Å². The molecule has 0 aliphatic rings. The second kappa shape index (κ2) is 8.96. The van der Waals surface area contributed by atoms with E-state index in [4.69, 9.17) is 0 Å². The molecule has 1 amide bonds. The topological polar surface area (TPSA) is 64.3 Å². The quantitative estimate of drug-likeness (QED) is 0.450. The lowest BCUT2D eigenvalue weighted by atomic mass is 10.1. The highest BCUT2D eigenvalue weighted by Crippen LogP contribution is 2.18. The Bertz CT molecular complexity index is 1400. The highest BCUT2D eigenvalue weighted by atomic mass is 32.1. The van der Waals surface area contributed by atoms with Crippen LogP contribution in [0.3, 0.4) is 0 Å². The summed E-state index contributed by atoms with van der Waals surface area (Å²) in [6.45, 7) is 6.43. The van der Waals surface area contributed by atoms with E-state index in [2.05, 4.69) is 0 Å². The van der Waals surface area contributed by atoms with Crippen molar-refractivity contribution in [1.82, 2.24) is 9.13 Å². The minimum atomic E-state index is -0.475. The first-order chi connectivity index (χ1) is 15.4. The Labute approximate surface area is 190 Å². The molecule has 2 heterocycles. The lowest BCUT2D eigenvalue weighted by molar-refractivity contribution is -0.119. The summed E-state index contributed by atoms with van der Waals surface area (Å²) in [4.78, 5) is 41.3. The average Bonchev–Trinajstić information content (AvgIpc) is 3.28. The van der Waals surface area contributed by atoms with Crippen molar-refractivity contribution in [2.75, 3.05) is 11.4 Å². The zero-order chi connectivity index (χ0) is 22.8. The van der Waals surface area contributed by atoms with Gasteiger partial charge in [0.25, 0.3) is 5.56 Å². The standard InChI is InChI=1S/C25H25N3O3S/c1-4-26(20-8-6-5-7-9-20)22(29)16-27-21-12-13-32-23(21)24(30)28(25(27)31)15-19-11-10-17(2)18(3)14-19/h5-14H,4,15-16H2,1-3H3. The fourth-order valence-electron chi connectivity index (χ4n) is 3.84. The molecule has 6 nitrogen and oxygen atoms in total. The van der Waals surface area contributed by atoms with Crippen LogP contribution in [0.1, 0.15) is 23.6 Å². The second-order valence-corrected chi connectivity index (χ2v) is 8.70. The van der Waals surface area contributed by atoms with Gasteiger partial charge in [0.15, 0.2) is 0 Å². The van der Waals surface area contributed by atoms with E-state index in [-0.39, 0.29) is 24.6 Å². The molecular weight excluding hydrogens is 422 g/mol. The lowest BCUT2D eigenvalue weighted by Gasteiger charge is -2.22. The Morgan fingerprint density at radius 2 is 1.72 bits per heavy atom. The highest BCUT2D eigenvalue weighted by Gasteiger charge is 2.20. The first-order valence-corrected chi connectivity index (χ1v) is 11.4. The zero-order valence-corrected chi connectivity index (χ0v) is 19.2. The van der Waals surface area contributed by atoms with Gasteiger partial charge >= 0.3 is 5.69 Å². The van der Waals surface area contributed by atoms with Crippen molar-refractivity contribution in [3.05, 3.63) is 97.5 Å². The molecule has 0 spiro atoms. The molecule has 0 unspecified atom stereocenters. The van der Waals surface area contributed by atoms with Crippen LogP contribution in [0, 0.1) is 13.8 Å². The molecule has 0 N–H and O–H groups in total. The molecule has 7 heteroatoms. The Hall–Kier alpha value is -3.45. The van der Waals surface area contributed by atoms with Gasteiger partial charge in [-0.25, -0.2) is 4.79 Å². The van der Waals surface area contributed by atoms with Gasteiger partial charge in [0.05, 0.1) is 12.1 Å². The summed E-state index contributed by atoms with van der Waals surface area (Å²) >= 11 is 1.29. The summed E-state index contributed by atoms with van der Waals surface area (Å²) in [6.07, 6.45) is 0. The maximum atomic E-state index is 13.4. The van der Waals surface area contributed by atoms with Gasteiger partial charge in [-0.2, -0.15) is 0 Å². The number of amides is 1. The number of aryl methyl sites for hydroxylation is 2. The molecule has 0 fully saturated rings. The SMILES string of the molecule is CCN(C(=O)Cn1c(=O)n(Cc2ccc(C)c(C)c2)c(=O)c2sccc21)c1ccccc1. The molecule has 164 valence electrons. The molecule has 4 aromatic rings. The van der Waals surface area contributed by atoms with Crippen molar-refractivity contribution in [2.24, 2.45) is 0 Å².